The maximum Gasteiger partial charge on any atom is 0.245 e. The summed E-state index contributed by atoms with van der Waals surface area (Å²) in [6.07, 6.45) is 3.32. The number of amides is 1. The summed E-state index contributed by atoms with van der Waals surface area (Å²) in [5, 5.41) is 13.8. The summed E-state index contributed by atoms with van der Waals surface area (Å²) in [6.45, 7) is 7.96. The molecule has 3 atom stereocenters. The third-order valence-electron chi connectivity index (χ3n) is 3.82. The van der Waals surface area contributed by atoms with E-state index in [0.717, 1.165) is 12.8 Å². The predicted octanol–water partition coefficient (Wildman–Crippen LogP) is 1.30. The van der Waals surface area contributed by atoms with Crippen molar-refractivity contribution < 1.29 is 10.0 Å². The second-order valence-corrected chi connectivity index (χ2v) is 5.76. The number of carbonyl (C=O) groups excluding carboxylic acids is 1. The van der Waals surface area contributed by atoms with Gasteiger partial charge in [-0.2, -0.15) is 0 Å². The first-order valence-corrected chi connectivity index (χ1v) is 6.94. The molecule has 0 saturated carbocycles. The molecule has 0 spiro atoms. The van der Waals surface area contributed by atoms with Gasteiger partial charge in [0.25, 0.3) is 0 Å². The van der Waals surface area contributed by atoms with Gasteiger partial charge in [0.2, 0.25) is 5.91 Å². The fraction of sp³-hybridized carbons (Fsp3) is 0.846. The molecule has 1 aliphatic rings. The van der Waals surface area contributed by atoms with Gasteiger partial charge in [-0.3, -0.25) is 10.2 Å². The van der Waals surface area contributed by atoms with Crippen LogP contribution in [0.5, 0.6) is 0 Å². The molecular weight excluding hydrogens is 244 g/mol. The average molecular weight is 270 g/mol. The highest BCUT2D eigenvalue weighted by atomic mass is 16.4. The predicted molar refractivity (Wildman–Crippen MR) is 74.5 cm³/mol. The van der Waals surface area contributed by atoms with Crippen molar-refractivity contribution in [2.24, 2.45) is 22.7 Å². The van der Waals surface area contributed by atoms with Crippen molar-refractivity contribution in [2.75, 3.05) is 0 Å². The van der Waals surface area contributed by atoms with E-state index in [4.69, 9.17) is 10.9 Å². The van der Waals surface area contributed by atoms with Gasteiger partial charge < -0.3 is 10.9 Å². The minimum absolute atomic E-state index is 0.0219. The van der Waals surface area contributed by atoms with Crippen molar-refractivity contribution >= 4 is 11.7 Å². The van der Waals surface area contributed by atoms with Crippen LogP contribution in [-0.2, 0) is 4.79 Å². The summed E-state index contributed by atoms with van der Waals surface area (Å²) in [5.41, 5.74) is 8.55. The Bertz CT molecular complexity index is 334. The van der Waals surface area contributed by atoms with Crippen molar-refractivity contribution in [3.8, 4) is 0 Å². The number of hydrogen-bond acceptors (Lipinski definition) is 4. The minimum Gasteiger partial charge on any atom is -0.409 e. The number of rotatable bonds is 4. The van der Waals surface area contributed by atoms with Crippen molar-refractivity contribution in [3.05, 3.63) is 0 Å². The smallest absolute Gasteiger partial charge is 0.245 e. The number of nitrogens with zero attached hydrogens (tertiary/aromatic N) is 2. The summed E-state index contributed by atoms with van der Waals surface area (Å²) in [5.74, 6) is -0.867. The lowest BCUT2D eigenvalue weighted by molar-refractivity contribution is -0.132. The zero-order valence-corrected chi connectivity index (χ0v) is 12.3. The largest absolute Gasteiger partial charge is 0.409 e. The first kappa shape index (κ1) is 15.8. The van der Waals surface area contributed by atoms with Gasteiger partial charge in [0.05, 0.1) is 0 Å². The summed E-state index contributed by atoms with van der Waals surface area (Å²) in [4.78, 5) is 12.3. The molecule has 0 aromatic rings. The van der Waals surface area contributed by atoms with Crippen LogP contribution < -0.4 is 11.2 Å². The molecule has 1 fully saturated rings. The maximum absolute atomic E-state index is 12.3. The van der Waals surface area contributed by atoms with Gasteiger partial charge in [-0.25, -0.2) is 5.01 Å². The monoisotopic (exact) mass is 270 g/mol. The van der Waals surface area contributed by atoms with Gasteiger partial charge in [-0.15, -0.1) is 0 Å². The number of piperidine rings is 1. The van der Waals surface area contributed by atoms with Crippen LogP contribution in [0.3, 0.4) is 0 Å². The van der Waals surface area contributed by atoms with Crippen molar-refractivity contribution in [1.29, 1.82) is 0 Å². The summed E-state index contributed by atoms with van der Waals surface area (Å²) >= 11 is 0. The van der Waals surface area contributed by atoms with Crippen LogP contribution in [0.15, 0.2) is 5.16 Å². The van der Waals surface area contributed by atoms with Gasteiger partial charge in [0.1, 0.15) is 5.92 Å². The average Bonchev–Trinajstić information content (AvgIpc) is 2.33. The molecule has 0 aromatic carbocycles. The standard InChI is InChI=1S/C13H26N4O2/c1-8(2)11(12(14)16-19)13(18)15-17-9(3)6-5-7-10(17)4/h8-11,19H,5-7H2,1-4H3,(H2,14,16)(H,15,18). The van der Waals surface area contributed by atoms with Gasteiger partial charge in [0, 0.05) is 12.1 Å². The van der Waals surface area contributed by atoms with E-state index in [1.54, 1.807) is 0 Å². The Morgan fingerprint density at radius 2 is 1.89 bits per heavy atom. The van der Waals surface area contributed by atoms with E-state index >= 15 is 0 Å². The number of oxime groups is 1. The molecule has 1 amide bonds. The highest BCUT2D eigenvalue weighted by Crippen LogP contribution is 2.21. The Kier molecular flexibility index (Phi) is 5.60. The molecule has 6 heteroatoms. The van der Waals surface area contributed by atoms with E-state index in [-0.39, 0.29) is 17.7 Å². The molecule has 0 radical (unpaired) electrons. The normalized spacial score (nSPS) is 27.3. The van der Waals surface area contributed by atoms with E-state index in [1.165, 1.54) is 6.42 Å². The van der Waals surface area contributed by atoms with E-state index in [0.29, 0.717) is 12.1 Å². The highest BCUT2D eigenvalue weighted by Gasteiger charge is 2.32. The lowest BCUT2D eigenvalue weighted by Gasteiger charge is -2.39. The zero-order valence-electron chi connectivity index (χ0n) is 12.3. The number of nitrogens with two attached hydrogens (primary N) is 1. The van der Waals surface area contributed by atoms with Crippen LogP contribution in [0.25, 0.3) is 0 Å². The van der Waals surface area contributed by atoms with E-state index in [2.05, 4.69) is 24.4 Å². The number of hydrogen-bond donors (Lipinski definition) is 3. The molecule has 6 nitrogen and oxygen atoms in total. The molecule has 1 rings (SSSR count). The fourth-order valence-electron chi connectivity index (χ4n) is 2.68. The Labute approximate surface area is 115 Å². The summed E-state index contributed by atoms with van der Waals surface area (Å²) in [7, 11) is 0. The number of carbonyl (C=O) groups is 1. The van der Waals surface area contributed by atoms with E-state index < -0.39 is 5.92 Å². The molecule has 0 aliphatic carbocycles. The molecule has 0 aromatic heterocycles. The number of amidine groups is 1. The molecule has 1 heterocycles. The topological polar surface area (TPSA) is 91.0 Å². The van der Waals surface area contributed by atoms with Crippen LogP contribution in [0.4, 0.5) is 0 Å². The SMILES string of the molecule is CC(C)C(C(=O)NN1C(C)CCCC1C)C(N)=NO. The summed E-state index contributed by atoms with van der Waals surface area (Å²) in [6, 6.07) is 0.626. The van der Waals surface area contributed by atoms with Gasteiger partial charge in [0.15, 0.2) is 5.84 Å². The number of nitrogens with one attached hydrogen (secondary N) is 1. The quantitative estimate of drug-likeness (QED) is 0.311. The van der Waals surface area contributed by atoms with Crippen molar-refractivity contribution in [3.63, 3.8) is 0 Å². The molecule has 110 valence electrons. The van der Waals surface area contributed by atoms with Gasteiger partial charge in [-0.05, 0) is 32.6 Å². The molecule has 1 aliphatic heterocycles. The minimum atomic E-state index is -0.605. The van der Waals surface area contributed by atoms with Crippen LogP contribution in [-0.4, -0.2) is 34.0 Å². The van der Waals surface area contributed by atoms with Crippen LogP contribution in [0.1, 0.15) is 47.0 Å². The maximum atomic E-state index is 12.3. The third kappa shape index (κ3) is 3.83. The molecule has 3 unspecified atom stereocenters. The van der Waals surface area contributed by atoms with Crippen LogP contribution in [0, 0.1) is 11.8 Å². The first-order valence-electron chi connectivity index (χ1n) is 6.94. The third-order valence-corrected chi connectivity index (χ3v) is 3.82. The molecule has 1 saturated heterocycles. The molecular formula is C13H26N4O2. The Morgan fingerprint density at radius 1 is 1.37 bits per heavy atom. The van der Waals surface area contributed by atoms with E-state index in [1.807, 2.05) is 18.9 Å². The molecule has 19 heavy (non-hydrogen) atoms. The van der Waals surface area contributed by atoms with Crippen LogP contribution >= 0.6 is 0 Å². The van der Waals surface area contributed by atoms with Gasteiger partial charge >= 0.3 is 0 Å². The Hall–Kier alpha value is -1.30. The zero-order chi connectivity index (χ0) is 14.6. The number of hydrazine groups is 1. The van der Waals surface area contributed by atoms with E-state index in [9.17, 15) is 4.79 Å². The Balaban J connectivity index is 2.76. The van der Waals surface area contributed by atoms with Gasteiger partial charge in [-0.1, -0.05) is 25.4 Å². The highest BCUT2D eigenvalue weighted by molar-refractivity contribution is 6.02. The second kappa shape index (κ2) is 6.75. The van der Waals surface area contributed by atoms with Crippen molar-refractivity contribution in [1.82, 2.24) is 10.4 Å². The molecule has 0 bridgehead atoms. The lowest BCUT2D eigenvalue weighted by Crippen LogP contribution is -2.57. The van der Waals surface area contributed by atoms with Crippen LogP contribution in [0.2, 0.25) is 0 Å². The Morgan fingerprint density at radius 3 is 2.32 bits per heavy atom. The lowest BCUT2D eigenvalue weighted by atomic mass is 9.93. The summed E-state index contributed by atoms with van der Waals surface area (Å²) < 4.78 is 0. The first-order chi connectivity index (χ1) is 8.88. The van der Waals surface area contributed by atoms with Crippen molar-refractivity contribution in [2.45, 2.75) is 59.0 Å². The second-order valence-electron chi connectivity index (χ2n) is 5.76. The molecule has 4 N–H and O–H groups in total. The fourth-order valence-corrected chi connectivity index (χ4v) is 2.68.